The third-order valence-electron chi connectivity index (χ3n) is 5.68. The molecule has 7 nitrogen and oxygen atoms in total. The smallest absolute Gasteiger partial charge is 0.303 e. The van der Waals surface area contributed by atoms with Gasteiger partial charge < -0.3 is 14.3 Å². The summed E-state index contributed by atoms with van der Waals surface area (Å²) >= 11 is 0. The molecule has 0 fully saturated rings. The molecular formula is C27H27N3O4. The molecule has 0 amide bonds. The van der Waals surface area contributed by atoms with E-state index in [0.717, 1.165) is 39.5 Å². The first-order valence-electron chi connectivity index (χ1n) is 11.2. The number of benzene rings is 2. The highest BCUT2D eigenvalue weighted by Gasteiger charge is 2.18. The normalized spacial score (nSPS) is 11.9. The van der Waals surface area contributed by atoms with Crippen molar-refractivity contribution < 1.29 is 19.1 Å². The lowest BCUT2D eigenvalue weighted by molar-refractivity contribution is -0.136. The Labute approximate surface area is 198 Å². The van der Waals surface area contributed by atoms with E-state index in [1.807, 2.05) is 56.3 Å². The summed E-state index contributed by atoms with van der Waals surface area (Å²) in [5, 5.41) is 8.89. The molecule has 4 rings (SSSR count). The van der Waals surface area contributed by atoms with Crippen molar-refractivity contribution in [3.63, 3.8) is 0 Å². The van der Waals surface area contributed by atoms with Gasteiger partial charge in [0.05, 0.1) is 12.3 Å². The Morgan fingerprint density at radius 3 is 2.44 bits per heavy atom. The van der Waals surface area contributed by atoms with Crippen LogP contribution in [0.15, 0.2) is 65.3 Å². The zero-order chi connectivity index (χ0) is 24.1. The van der Waals surface area contributed by atoms with E-state index in [-0.39, 0.29) is 12.3 Å². The summed E-state index contributed by atoms with van der Waals surface area (Å²) in [6.07, 6.45) is 4.07. The van der Waals surface area contributed by atoms with Crippen molar-refractivity contribution in [1.29, 1.82) is 0 Å². The number of aromatic nitrogens is 3. The van der Waals surface area contributed by atoms with Crippen LogP contribution in [0.3, 0.4) is 0 Å². The molecule has 7 heteroatoms. The van der Waals surface area contributed by atoms with Crippen molar-refractivity contribution in [2.75, 3.05) is 6.61 Å². The predicted octanol–water partition coefficient (Wildman–Crippen LogP) is 5.62. The summed E-state index contributed by atoms with van der Waals surface area (Å²) in [4.78, 5) is 24.1. The second-order valence-corrected chi connectivity index (χ2v) is 8.30. The number of oxazole rings is 1. The van der Waals surface area contributed by atoms with Gasteiger partial charge in [0.1, 0.15) is 11.5 Å². The van der Waals surface area contributed by atoms with Gasteiger partial charge in [-0.3, -0.25) is 4.79 Å². The van der Waals surface area contributed by atoms with Crippen LogP contribution in [0.4, 0.5) is 0 Å². The topological polar surface area (TPSA) is 98.3 Å². The predicted molar refractivity (Wildman–Crippen MR) is 129 cm³/mol. The van der Waals surface area contributed by atoms with Gasteiger partial charge in [-0.2, -0.15) is 0 Å². The van der Waals surface area contributed by atoms with Gasteiger partial charge in [-0.15, -0.1) is 0 Å². The minimum atomic E-state index is -0.794. The summed E-state index contributed by atoms with van der Waals surface area (Å²) in [6.45, 7) is 6.39. The number of rotatable bonds is 9. The van der Waals surface area contributed by atoms with Gasteiger partial charge >= 0.3 is 5.97 Å². The van der Waals surface area contributed by atoms with Crippen LogP contribution in [0.1, 0.15) is 41.8 Å². The first kappa shape index (κ1) is 23.2. The molecule has 1 atom stereocenters. The third-order valence-corrected chi connectivity index (χ3v) is 5.68. The van der Waals surface area contributed by atoms with Gasteiger partial charge in [-0.25, -0.2) is 15.0 Å². The Balaban J connectivity index is 1.41. The number of hydrogen-bond acceptors (Lipinski definition) is 6. The highest BCUT2D eigenvalue weighted by molar-refractivity contribution is 5.67. The summed E-state index contributed by atoms with van der Waals surface area (Å²) in [6, 6.07) is 15.4. The Morgan fingerprint density at radius 2 is 1.76 bits per heavy atom. The molecule has 2 aromatic heterocycles. The molecule has 2 heterocycles. The number of nitrogens with zero attached hydrogens (tertiary/aromatic N) is 3. The molecule has 0 saturated carbocycles. The molecule has 0 spiro atoms. The summed E-state index contributed by atoms with van der Waals surface area (Å²) in [5.74, 6) is 2.00. The number of aliphatic carboxylic acids is 1. The maximum absolute atomic E-state index is 10.8. The fourth-order valence-electron chi connectivity index (χ4n) is 3.78. The SMILES string of the molecule is Cc1cc(OC[C@@H](C)c2nc(-c3ccc(-c4ncccn4)cc3)oc2C)ccc1CCC(=O)O. The molecule has 2 aromatic carbocycles. The van der Waals surface area contributed by atoms with Gasteiger partial charge in [0.25, 0.3) is 0 Å². The first-order chi connectivity index (χ1) is 16.4. The summed E-state index contributed by atoms with van der Waals surface area (Å²) in [7, 11) is 0. The Hall–Kier alpha value is -4.00. The van der Waals surface area contributed by atoms with Crippen molar-refractivity contribution in [2.24, 2.45) is 0 Å². The highest BCUT2D eigenvalue weighted by atomic mass is 16.5. The van der Waals surface area contributed by atoms with Crippen molar-refractivity contribution in [3.8, 4) is 28.6 Å². The van der Waals surface area contributed by atoms with Crippen molar-refractivity contribution in [1.82, 2.24) is 15.0 Å². The van der Waals surface area contributed by atoms with Crippen molar-refractivity contribution in [3.05, 3.63) is 83.5 Å². The van der Waals surface area contributed by atoms with Gasteiger partial charge in [0, 0.05) is 35.9 Å². The van der Waals surface area contributed by atoms with E-state index < -0.39 is 5.97 Å². The largest absolute Gasteiger partial charge is 0.493 e. The lowest BCUT2D eigenvalue weighted by atomic mass is 10.0. The Bertz CT molecular complexity index is 1270. The average Bonchev–Trinajstić information content (AvgIpc) is 3.24. The van der Waals surface area contributed by atoms with Gasteiger partial charge in [0.2, 0.25) is 5.89 Å². The lowest BCUT2D eigenvalue weighted by Crippen LogP contribution is -2.09. The van der Waals surface area contributed by atoms with E-state index in [0.29, 0.717) is 24.7 Å². The van der Waals surface area contributed by atoms with Crippen LogP contribution in [0.2, 0.25) is 0 Å². The Morgan fingerprint density at radius 1 is 1.06 bits per heavy atom. The number of hydrogen-bond donors (Lipinski definition) is 1. The number of carbonyl (C=O) groups is 1. The third kappa shape index (κ3) is 5.49. The minimum absolute atomic E-state index is 0.0292. The maximum Gasteiger partial charge on any atom is 0.303 e. The highest BCUT2D eigenvalue weighted by Crippen LogP contribution is 2.28. The standard InChI is InChI=1S/C27H27N3O4/c1-17-15-23(11-9-20(17)10-12-24(31)32)33-16-18(2)25-19(3)34-27(30-25)22-7-5-21(6-8-22)26-28-13-4-14-29-26/h4-9,11,13-15,18H,10,12,16H2,1-3H3,(H,31,32)/t18-/m1/s1. The number of aryl methyl sites for hydroxylation is 3. The molecule has 0 aliphatic carbocycles. The van der Waals surface area contributed by atoms with Crippen LogP contribution in [0.5, 0.6) is 5.75 Å². The van der Waals surface area contributed by atoms with Crippen LogP contribution in [-0.4, -0.2) is 32.6 Å². The molecule has 1 N–H and O–H groups in total. The molecule has 0 radical (unpaired) electrons. The molecule has 174 valence electrons. The van der Waals surface area contributed by atoms with Crippen LogP contribution in [-0.2, 0) is 11.2 Å². The average molecular weight is 458 g/mol. The molecule has 0 aliphatic rings. The van der Waals surface area contributed by atoms with Gasteiger partial charge in [-0.1, -0.05) is 25.1 Å². The number of carboxylic acids is 1. The molecule has 4 aromatic rings. The van der Waals surface area contributed by atoms with Crippen LogP contribution < -0.4 is 4.74 Å². The minimum Gasteiger partial charge on any atom is -0.493 e. The second kappa shape index (κ2) is 10.3. The molecule has 0 unspecified atom stereocenters. The number of carboxylic acid groups (broad SMARTS) is 1. The van der Waals surface area contributed by atoms with Crippen molar-refractivity contribution >= 4 is 5.97 Å². The van der Waals surface area contributed by atoms with E-state index in [1.165, 1.54) is 0 Å². The molecule has 34 heavy (non-hydrogen) atoms. The van der Waals surface area contributed by atoms with Crippen LogP contribution in [0.25, 0.3) is 22.8 Å². The van der Waals surface area contributed by atoms with E-state index in [4.69, 9.17) is 19.2 Å². The fraction of sp³-hybridized carbons (Fsp3) is 0.259. The van der Waals surface area contributed by atoms with Crippen molar-refractivity contribution in [2.45, 2.75) is 39.5 Å². The monoisotopic (exact) mass is 457 g/mol. The fourth-order valence-corrected chi connectivity index (χ4v) is 3.78. The van der Waals surface area contributed by atoms with Crippen LogP contribution in [0, 0.1) is 13.8 Å². The second-order valence-electron chi connectivity index (χ2n) is 8.30. The molecule has 0 saturated heterocycles. The zero-order valence-corrected chi connectivity index (χ0v) is 19.5. The Kier molecular flexibility index (Phi) is 7.01. The quantitative estimate of drug-likeness (QED) is 0.348. The van der Waals surface area contributed by atoms with E-state index in [2.05, 4.69) is 16.9 Å². The zero-order valence-electron chi connectivity index (χ0n) is 19.5. The first-order valence-corrected chi connectivity index (χ1v) is 11.2. The lowest BCUT2D eigenvalue weighted by Gasteiger charge is -2.13. The van der Waals surface area contributed by atoms with Gasteiger partial charge in [0.15, 0.2) is 5.82 Å². The number of ether oxygens (including phenoxy) is 1. The maximum atomic E-state index is 10.8. The summed E-state index contributed by atoms with van der Waals surface area (Å²) < 4.78 is 12.0. The molecule has 0 bridgehead atoms. The summed E-state index contributed by atoms with van der Waals surface area (Å²) in [5.41, 5.74) is 4.72. The van der Waals surface area contributed by atoms with Crippen LogP contribution >= 0.6 is 0 Å². The van der Waals surface area contributed by atoms with E-state index >= 15 is 0 Å². The van der Waals surface area contributed by atoms with Gasteiger partial charge in [-0.05, 0) is 61.7 Å². The molecule has 0 aliphatic heterocycles. The molecular weight excluding hydrogens is 430 g/mol. The van der Waals surface area contributed by atoms with E-state index in [1.54, 1.807) is 18.5 Å². The van der Waals surface area contributed by atoms with E-state index in [9.17, 15) is 4.79 Å².